The Morgan fingerprint density at radius 2 is 2.25 bits per heavy atom. The predicted molar refractivity (Wildman–Crippen MR) is 70.6 cm³/mol. The van der Waals surface area contributed by atoms with Gasteiger partial charge in [0.25, 0.3) is 0 Å². The standard InChI is InChI=1S/C12H23N3S/c1-5-9(2)12(6-13)15(4)7-11-8-16-10(3)14-11/h8-9,12H,5-7,13H2,1-4H3. The molecule has 0 fully saturated rings. The van der Waals surface area contributed by atoms with Crippen molar-refractivity contribution in [3.05, 3.63) is 16.1 Å². The first-order valence-corrected chi connectivity index (χ1v) is 6.77. The molecule has 0 radical (unpaired) electrons. The van der Waals surface area contributed by atoms with Gasteiger partial charge in [-0.05, 0) is 19.9 Å². The molecule has 0 aliphatic rings. The summed E-state index contributed by atoms with van der Waals surface area (Å²) in [5.41, 5.74) is 7.01. The highest BCUT2D eigenvalue weighted by atomic mass is 32.1. The van der Waals surface area contributed by atoms with Crippen LogP contribution in [0.15, 0.2) is 5.38 Å². The third-order valence-corrected chi connectivity index (χ3v) is 4.01. The number of rotatable bonds is 6. The monoisotopic (exact) mass is 241 g/mol. The lowest BCUT2D eigenvalue weighted by Gasteiger charge is -2.30. The molecule has 0 aromatic carbocycles. The van der Waals surface area contributed by atoms with Gasteiger partial charge in [-0.2, -0.15) is 0 Å². The Kier molecular flexibility index (Phi) is 5.38. The van der Waals surface area contributed by atoms with Crippen LogP contribution in [-0.4, -0.2) is 29.5 Å². The zero-order valence-electron chi connectivity index (χ0n) is 10.7. The van der Waals surface area contributed by atoms with Gasteiger partial charge in [-0.15, -0.1) is 11.3 Å². The van der Waals surface area contributed by atoms with Crippen LogP contribution in [0.1, 0.15) is 31.0 Å². The number of nitrogens with zero attached hydrogens (tertiary/aromatic N) is 2. The van der Waals surface area contributed by atoms with Gasteiger partial charge in [0.05, 0.1) is 10.7 Å². The number of aromatic nitrogens is 1. The average Bonchev–Trinajstić information content (AvgIpc) is 2.64. The molecule has 0 spiro atoms. The fourth-order valence-electron chi connectivity index (χ4n) is 1.97. The minimum absolute atomic E-state index is 0.451. The van der Waals surface area contributed by atoms with Crippen molar-refractivity contribution in [2.75, 3.05) is 13.6 Å². The van der Waals surface area contributed by atoms with Gasteiger partial charge in [0, 0.05) is 24.5 Å². The second kappa shape index (κ2) is 6.33. The SMILES string of the molecule is CCC(C)C(CN)N(C)Cc1csc(C)n1. The van der Waals surface area contributed by atoms with Crippen molar-refractivity contribution in [2.45, 2.75) is 39.8 Å². The molecule has 2 atom stereocenters. The maximum absolute atomic E-state index is 5.85. The van der Waals surface area contributed by atoms with E-state index in [-0.39, 0.29) is 0 Å². The summed E-state index contributed by atoms with van der Waals surface area (Å²) in [6, 6.07) is 0.451. The largest absolute Gasteiger partial charge is 0.329 e. The summed E-state index contributed by atoms with van der Waals surface area (Å²) in [5, 5.41) is 3.27. The molecule has 0 amide bonds. The van der Waals surface area contributed by atoms with Gasteiger partial charge in [-0.25, -0.2) is 4.98 Å². The van der Waals surface area contributed by atoms with E-state index in [1.807, 2.05) is 6.92 Å². The quantitative estimate of drug-likeness (QED) is 0.830. The highest BCUT2D eigenvalue weighted by molar-refractivity contribution is 7.09. The van der Waals surface area contributed by atoms with Crippen LogP contribution in [0, 0.1) is 12.8 Å². The Bertz CT molecular complexity index is 311. The maximum Gasteiger partial charge on any atom is 0.0897 e. The molecule has 0 saturated heterocycles. The number of hydrogen-bond acceptors (Lipinski definition) is 4. The molecule has 2 unspecified atom stereocenters. The summed E-state index contributed by atoms with van der Waals surface area (Å²) in [4.78, 5) is 6.81. The summed E-state index contributed by atoms with van der Waals surface area (Å²) in [5.74, 6) is 0.634. The van der Waals surface area contributed by atoms with Crippen LogP contribution in [0.5, 0.6) is 0 Å². The van der Waals surface area contributed by atoms with Gasteiger partial charge >= 0.3 is 0 Å². The number of nitrogens with two attached hydrogens (primary N) is 1. The zero-order chi connectivity index (χ0) is 12.1. The summed E-state index contributed by atoms with van der Waals surface area (Å²) in [6.07, 6.45) is 1.17. The topological polar surface area (TPSA) is 42.1 Å². The van der Waals surface area contributed by atoms with E-state index in [2.05, 4.69) is 36.2 Å². The van der Waals surface area contributed by atoms with Crippen LogP contribution in [0.2, 0.25) is 0 Å². The van der Waals surface area contributed by atoms with Gasteiger partial charge in [-0.3, -0.25) is 4.90 Å². The molecular weight excluding hydrogens is 218 g/mol. The van der Waals surface area contributed by atoms with Crippen LogP contribution < -0.4 is 5.73 Å². The van der Waals surface area contributed by atoms with Gasteiger partial charge in [0.1, 0.15) is 0 Å². The second-order valence-corrected chi connectivity index (χ2v) is 5.52. The molecule has 4 heteroatoms. The molecule has 1 aromatic rings. The summed E-state index contributed by atoms with van der Waals surface area (Å²) < 4.78 is 0. The minimum Gasteiger partial charge on any atom is -0.329 e. The number of hydrogen-bond donors (Lipinski definition) is 1. The molecule has 1 aromatic heterocycles. The number of thiazole rings is 1. The molecular formula is C12H23N3S. The Morgan fingerprint density at radius 1 is 1.56 bits per heavy atom. The Hall–Kier alpha value is -0.450. The molecule has 0 aliphatic heterocycles. The van der Waals surface area contributed by atoms with Crippen molar-refractivity contribution < 1.29 is 0 Å². The minimum atomic E-state index is 0.451. The normalized spacial score (nSPS) is 15.4. The van der Waals surface area contributed by atoms with E-state index in [0.29, 0.717) is 18.5 Å². The van der Waals surface area contributed by atoms with Crippen LogP contribution in [0.4, 0.5) is 0 Å². The number of likely N-dealkylation sites (N-methyl/N-ethyl adjacent to an activating group) is 1. The Morgan fingerprint density at radius 3 is 2.69 bits per heavy atom. The van der Waals surface area contributed by atoms with E-state index in [0.717, 1.165) is 17.2 Å². The second-order valence-electron chi connectivity index (χ2n) is 4.46. The van der Waals surface area contributed by atoms with Crippen molar-refractivity contribution in [1.82, 2.24) is 9.88 Å². The lowest BCUT2D eigenvalue weighted by molar-refractivity contribution is 0.176. The third kappa shape index (κ3) is 3.54. The Labute approximate surface area is 103 Å². The van der Waals surface area contributed by atoms with Crippen molar-refractivity contribution in [3.8, 4) is 0 Å². The first kappa shape index (κ1) is 13.6. The fraction of sp³-hybridized carbons (Fsp3) is 0.750. The third-order valence-electron chi connectivity index (χ3n) is 3.19. The molecule has 3 nitrogen and oxygen atoms in total. The smallest absolute Gasteiger partial charge is 0.0897 e. The van der Waals surface area contributed by atoms with Gasteiger partial charge in [-0.1, -0.05) is 20.3 Å². The van der Waals surface area contributed by atoms with Crippen LogP contribution in [0.25, 0.3) is 0 Å². The molecule has 1 heterocycles. The molecule has 16 heavy (non-hydrogen) atoms. The van der Waals surface area contributed by atoms with Gasteiger partial charge in [0.15, 0.2) is 0 Å². The fourth-order valence-corrected chi connectivity index (χ4v) is 2.58. The van der Waals surface area contributed by atoms with Crippen molar-refractivity contribution in [2.24, 2.45) is 11.7 Å². The first-order valence-electron chi connectivity index (χ1n) is 5.89. The predicted octanol–water partition coefficient (Wildman–Crippen LogP) is 2.26. The molecule has 2 N–H and O–H groups in total. The lowest BCUT2D eigenvalue weighted by atomic mass is 9.98. The van der Waals surface area contributed by atoms with Gasteiger partial charge < -0.3 is 5.73 Å². The van der Waals surface area contributed by atoms with E-state index < -0.39 is 0 Å². The van der Waals surface area contributed by atoms with E-state index in [4.69, 9.17) is 5.73 Å². The average molecular weight is 241 g/mol. The van der Waals surface area contributed by atoms with E-state index >= 15 is 0 Å². The highest BCUT2D eigenvalue weighted by Gasteiger charge is 2.19. The van der Waals surface area contributed by atoms with E-state index in [1.165, 1.54) is 6.42 Å². The highest BCUT2D eigenvalue weighted by Crippen LogP contribution is 2.16. The molecule has 0 aliphatic carbocycles. The van der Waals surface area contributed by atoms with Crippen molar-refractivity contribution in [3.63, 3.8) is 0 Å². The van der Waals surface area contributed by atoms with Crippen LogP contribution in [-0.2, 0) is 6.54 Å². The summed E-state index contributed by atoms with van der Waals surface area (Å²) in [7, 11) is 2.14. The summed E-state index contributed by atoms with van der Waals surface area (Å²) >= 11 is 1.71. The first-order chi connectivity index (χ1) is 7.58. The lowest BCUT2D eigenvalue weighted by Crippen LogP contribution is -2.42. The van der Waals surface area contributed by atoms with E-state index in [9.17, 15) is 0 Å². The van der Waals surface area contributed by atoms with Crippen molar-refractivity contribution >= 4 is 11.3 Å². The molecule has 92 valence electrons. The van der Waals surface area contributed by atoms with Crippen molar-refractivity contribution in [1.29, 1.82) is 0 Å². The molecule has 0 bridgehead atoms. The maximum atomic E-state index is 5.85. The molecule has 0 saturated carbocycles. The van der Waals surface area contributed by atoms with Crippen LogP contribution >= 0.6 is 11.3 Å². The van der Waals surface area contributed by atoms with Gasteiger partial charge in [0.2, 0.25) is 0 Å². The van der Waals surface area contributed by atoms with E-state index in [1.54, 1.807) is 11.3 Å². The number of aryl methyl sites for hydroxylation is 1. The summed E-state index contributed by atoms with van der Waals surface area (Å²) in [6.45, 7) is 8.14. The van der Waals surface area contributed by atoms with Crippen LogP contribution in [0.3, 0.4) is 0 Å². The zero-order valence-corrected chi connectivity index (χ0v) is 11.5. The Balaban J connectivity index is 2.58. The molecule has 1 rings (SSSR count).